The highest BCUT2D eigenvalue weighted by Gasteiger charge is 2.72. The zero-order chi connectivity index (χ0) is 14.7. The summed E-state index contributed by atoms with van der Waals surface area (Å²) in [5.74, 6) is -1.39. The number of fused-ring (bicyclic) bond motifs is 1. The van der Waals surface area contributed by atoms with Gasteiger partial charge in [-0.15, -0.1) is 0 Å². The molecule has 0 N–H and O–H groups in total. The van der Waals surface area contributed by atoms with Gasteiger partial charge in [0.25, 0.3) is 0 Å². The number of carbonyl (C=O) groups excluding carboxylic acids is 2. The zero-order valence-electron chi connectivity index (χ0n) is 11.2. The van der Waals surface area contributed by atoms with Crippen molar-refractivity contribution >= 4 is 11.8 Å². The first-order valence-corrected chi connectivity index (χ1v) is 6.41. The van der Waals surface area contributed by atoms with Crippen molar-refractivity contribution in [3.05, 3.63) is 35.1 Å². The quantitative estimate of drug-likeness (QED) is 0.772. The Morgan fingerprint density at radius 1 is 1.25 bits per heavy atom. The zero-order valence-corrected chi connectivity index (χ0v) is 11.2. The van der Waals surface area contributed by atoms with Gasteiger partial charge in [0, 0.05) is 0 Å². The number of nitrogens with zero attached hydrogens (tertiary/aromatic N) is 2. The minimum atomic E-state index is -0.538. The van der Waals surface area contributed by atoms with Crippen LogP contribution in [0.2, 0.25) is 0 Å². The van der Waals surface area contributed by atoms with Crippen molar-refractivity contribution in [1.82, 2.24) is 4.90 Å². The molecule has 1 aromatic rings. The maximum absolute atomic E-state index is 13.4. The van der Waals surface area contributed by atoms with Crippen molar-refractivity contribution < 1.29 is 14.0 Å². The molecule has 2 aliphatic rings. The van der Waals surface area contributed by atoms with E-state index in [1.54, 1.807) is 0 Å². The van der Waals surface area contributed by atoms with E-state index < -0.39 is 5.82 Å². The fourth-order valence-electron chi connectivity index (χ4n) is 3.15. The highest BCUT2D eigenvalue weighted by atomic mass is 19.1. The lowest BCUT2D eigenvalue weighted by molar-refractivity contribution is -0.143. The van der Waals surface area contributed by atoms with Crippen LogP contribution in [-0.4, -0.2) is 16.7 Å². The van der Waals surface area contributed by atoms with Crippen molar-refractivity contribution in [2.24, 2.45) is 17.3 Å². The predicted octanol–water partition coefficient (Wildman–Crippen LogP) is 1.84. The molecule has 1 saturated carbocycles. The van der Waals surface area contributed by atoms with Crippen LogP contribution in [0.4, 0.5) is 4.39 Å². The summed E-state index contributed by atoms with van der Waals surface area (Å²) in [5, 5.41) is 8.80. The van der Waals surface area contributed by atoms with Gasteiger partial charge in [-0.3, -0.25) is 14.5 Å². The second-order valence-electron chi connectivity index (χ2n) is 6.00. The minimum Gasteiger partial charge on any atom is -0.278 e. The summed E-state index contributed by atoms with van der Waals surface area (Å²) in [5.41, 5.74) is 0.400. The van der Waals surface area contributed by atoms with Crippen molar-refractivity contribution in [2.75, 3.05) is 0 Å². The topological polar surface area (TPSA) is 61.2 Å². The van der Waals surface area contributed by atoms with E-state index in [1.807, 2.05) is 19.9 Å². The summed E-state index contributed by atoms with van der Waals surface area (Å²) in [4.78, 5) is 25.5. The van der Waals surface area contributed by atoms with Gasteiger partial charge in [0.05, 0.1) is 30.0 Å². The van der Waals surface area contributed by atoms with Crippen molar-refractivity contribution in [3.8, 4) is 6.07 Å². The molecular formula is C15H13FN2O2. The van der Waals surface area contributed by atoms with Crippen molar-refractivity contribution in [3.63, 3.8) is 0 Å². The SMILES string of the molecule is CC1(C)C2C(=O)N(Cc3cc(F)cc(C#N)c3)C(=O)C21. The number of hydrogen-bond acceptors (Lipinski definition) is 3. The molecule has 1 aromatic carbocycles. The molecule has 2 fully saturated rings. The van der Waals surface area contributed by atoms with Crippen LogP contribution in [0.25, 0.3) is 0 Å². The molecule has 0 aromatic heterocycles. The number of carbonyl (C=O) groups is 2. The van der Waals surface area contributed by atoms with E-state index in [-0.39, 0.29) is 41.2 Å². The highest BCUT2D eigenvalue weighted by molar-refractivity contribution is 6.10. The maximum atomic E-state index is 13.4. The largest absolute Gasteiger partial charge is 0.278 e. The number of halogens is 1. The summed E-state index contributed by atoms with van der Waals surface area (Å²) in [6.07, 6.45) is 0. The Bertz CT molecular complexity index is 651. The lowest BCUT2D eigenvalue weighted by Crippen LogP contribution is -2.35. The standard InChI is InChI=1S/C15H13FN2O2/c1-15(2)11-12(15)14(20)18(13(11)19)7-9-3-8(6-17)4-10(16)5-9/h3-5,11-12H,7H2,1-2H3. The van der Waals surface area contributed by atoms with Crippen LogP contribution in [0.5, 0.6) is 0 Å². The molecule has 1 aliphatic carbocycles. The summed E-state index contributed by atoms with van der Waals surface area (Å²) in [6, 6.07) is 5.73. The molecule has 2 atom stereocenters. The second-order valence-corrected chi connectivity index (χ2v) is 6.00. The van der Waals surface area contributed by atoms with E-state index in [0.717, 1.165) is 6.07 Å². The van der Waals surface area contributed by atoms with Gasteiger partial charge >= 0.3 is 0 Å². The molecule has 0 bridgehead atoms. The van der Waals surface area contributed by atoms with E-state index >= 15 is 0 Å². The van der Waals surface area contributed by atoms with Gasteiger partial charge in [-0.05, 0) is 29.2 Å². The molecule has 4 nitrogen and oxygen atoms in total. The summed E-state index contributed by atoms with van der Waals surface area (Å²) in [7, 11) is 0. The number of rotatable bonds is 2. The van der Waals surface area contributed by atoms with Gasteiger partial charge in [0.2, 0.25) is 11.8 Å². The Morgan fingerprint density at radius 2 is 1.85 bits per heavy atom. The fourth-order valence-corrected chi connectivity index (χ4v) is 3.15. The third-order valence-corrected chi connectivity index (χ3v) is 4.32. The number of imide groups is 1. The normalized spacial score (nSPS) is 26.4. The van der Waals surface area contributed by atoms with Gasteiger partial charge in [-0.1, -0.05) is 13.8 Å². The van der Waals surface area contributed by atoms with Crippen LogP contribution in [0.3, 0.4) is 0 Å². The fraction of sp³-hybridized carbons (Fsp3) is 0.400. The van der Waals surface area contributed by atoms with Crippen LogP contribution in [0, 0.1) is 34.4 Å². The highest BCUT2D eigenvalue weighted by Crippen LogP contribution is 2.63. The molecule has 1 heterocycles. The molecule has 2 amide bonds. The Morgan fingerprint density at radius 3 is 2.40 bits per heavy atom. The Kier molecular flexibility index (Phi) is 2.49. The number of amides is 2. The molecule has 1 aliphatic heterocycles. The summed E-state index contributed by atoms with van der Waals surface area (Å²) in [6.45, 7) is 3.85. The lowest BCUT2D eigenvalue weighted by Gasteiger charge is -2.20. The smallest absolute Gasteiger partial charge is 0.233 e. The average molecular weight is 272 g/mol. The van der Waals surface area contributed by atoms with Gasteiger partial charge < -0.3 is 0 Å². The summed E-state index contributed by atoms with van der Waals surface area (Å²) >= 11 is 0. The number of likely N-dealkylation sites (tertiary alicyclic amines) is 1. The monoisotopic (exact) mass is 272 g/mol. The second kappa shape index (κ2) is 3.89. The van der Waals surface area contributed by atoms with Gasteiger partial charge in [0.15, 0.2) is 0 Å². The Labute approximate surface area is 115 Å². The number of benzene rings is 1. The number of nitriles is 1. The third-order valence-electron chi connectivity index (χ3n) is 4.32. The molecule has 0 radical (unpaired) electrons. The molecule has 2 unspecified atom stereocenters. The molecule has 102 valence electrons. The molecule has 1 saturated heterocycles. The Balaban J connectivity index is 1.84. The van der Waals surface area contributed by atoms with E-state index in [0.29, 0.717) is 5.56 Å². The minimum absolute atomic E-state index is 0.0349. The first kappa shape index (κ1) is 12.8. The van der Waals surface area contributed by atoms with Crippen LogP contribution in [0.1, 0.15) is 25.0 Å². The summed E-state index contributed by atoms with van der Waals surface area (Å²) < 4.78 is 13.4. The van der Waals surface area contributed by atoms with Crippen molar-refractivity contribution in [1.29, 1.82) is 5.26 Å². The van der Waals surface area contributed by atoms with Gasteiger partial charge in [-0.2, -0.15) is 5.26 Å². The van der Waals surface area contributed by atoms with Crippen LogP contribution in [0.15, 0.2) is 18.2 Å². The third kappa shape index (κ3) is 1.64. The van der Waals surface area contributed by atoms with Gasteiger partial charge in [-0.25, -0.2) is 4.39 Å². The van der Waals surface area contributed by atoms with E-state index in [1.165, 1.54) is 17.0 Å². The Hall–Kier alpha value is -2.22. The van der Waals surface area contributed by atoms with E-state index in [9.17, 15) is 14.0 Å². The lowest BCUT2D eigenvalue weighted by atomic mass is 10.0. The average Bonchev–Trinajstić information content (AvgIpc) is 2.85. The first-order valence-electron chi connectivity index (χ1n) is 6.41. The van der Waals surface area contributed by atoms with Gasteiger partial charge in [0.1, 0.15) is 5.82 Å². The predicted molar refractivity (Wildman–Crippen MR) is 67.4 cm³/mol. The van der Waals surface area contributed by atoms with E-state index in [4.69, 9.17) is 5.26 Å². The molecule has 0 spiro atoms. The molecule has 20 heavy (non-hydrogen) atoms. The van der Waals surface area contributed by atoms with Crippen LogP contribution in [-0.2, 0) is 16.1 Å². The first-order chi connectivity index (χ1) is 9.36. The molecule has 3 rings (SSSR count). The molecule has 5 heteroatoms. The number of piperidine rings is 1. The number of hydrogen-bond donors (Lipinski definition) is 0. The van der Waals surface area contributed by atoms with Crippen LogP contribution >= 0.6 is 0 Å². The maximum Gasteiger partial charge on any atom is 0.233 e. The molecular weight excluding hydrogens is 259 g/mol. The van der Waals surface area contributed by atoms with E-state index in [2.05, 4.69) is 0 Å². The van der Waals surface area contributed by atoms with Crippen molar-refractivity contribution in [2.45, 2.75) is 20.4 Å². The van der Waals surface area contributed by atoms with Crippen LogP contribution < -0.4 is 0 Å².